The number of anilines is 1. The Morgan fingerprint density at radius 2 is 1.96 bits per heavy atom. The molecule has 0 radical (unpaired) electrons. The molecule has 5 nitrogen and oxygen atoms in total. The Bertz CT molecular complexity index is 721. The molecule has 2 N–H and O–H groups in total. The number of carbonyl (C=O) groups is 1. The van der Waals surface area contributed by atoms with E-state index in [-0.39, 0.29) is 36.3 Å². The zero-order valence-electron chi connectivity index (χ0n) is 14.2. The third-order valence-corrected chi connectivity index (χ3v) is 4.13. The standard InChI is InChI=1S/C18H21N3O2.2ClH/c1-13(22)21-16-5-3-4-14(8-16)15-9-17(11-20-10-15)23-12-18(19-2)6-7-18;;/h3-5,8-11,19H,6-7,12H2,1-2H3,(H,21,22);2*1H. The summed E-state index contributed by atoms with van der Waals surface area (Å²) in [5.41, 5.74) is 2.86. The lowest BCUT2D eigenvalue weighted by molar-refractivity contribution is -0.114. The van der Waals surface area contributed by atoms with Gasteiger partial charge in [-0.15, -0.1) is 24.8 Å². The van der Waals surface area contributed by atoms with Crippen LogP contribution in [0, 0.1) is 0 Å². The second-order valence-corrected chi connectivity index (χ2v) is 5.99. The molecule has 1 fully saturated rings. The number of hydrogen-bond donors (Lipinski definition) is 2. The van der Waals surface area contributed by atoms with Gasteiger partial charge in [-0.05, 0) is 43.7 Å². The van der Waals surface area contributed by atoms with Crippen LogP contribution in [0.1, 0.15) is 19.8 Å². The molecule has 2 aromatic rings. The summed E-state index contributed by atoms with van der Waals surface area (Å²) >= 11 is 0. The number of benzene rings is 1. The zero-order chi connectivity index (χ0) is 16.3. The molecule has 0 bridgehead atoms. The zero-order valence-corrected chi connectivity index (χ0v) is 15.9. The van der Waals surface area contributed by atoms with Crippen molar-refractivity contribution in [1.29, 1.82) is 0 Å². The van der Waals surface area contributed by atoms with E-state index in [9.17, 15) is 4.79 Å². The summed E-state index contributed by atoms with van der Waals surface area (Å²) in [4.78, 5) is 15.4. The number of carbonyl (C=O) groups excluding carboxylic acids is 1. The van der Waals surface area contributed by atoms with Gasteiger partial charge in [0, 0.05) is 24.4 Å². The van der Waals surface area contributed by atoms with Crippen LogP contribution in [0.2, 0.25) is 0 Å². The quantitative estimate of drug-likeness (QED) is 0.798. The summed E-state index contributed by atoms with van der Waals surface area (Å²) < 4.78 is 5.89. The van der Waals surface area contributed by atoms with Gasteiger partial charge in [-0.25, -0.2) is 0 Å². The fourth-order valence-corrected chi connectivity index (χ4v) is 2.47. The van der Waals surface area contributed by atoms with Crippen molar-refractivity contribution in [2.75, 3.05) is 19.0 Å². The molecular formula is C18H23Cl2N3O2. The van der Waals surface area contributed by atoms with Crippen molar-refractivity contribution in [2.24, 2.45) is 0 Å². The van der Waals surface area contributed by atoms with Gasteiger partial charge in [0.1, 0.15) is 12.4 Å². The van der Waals surface area contributed by atoms with Gasteiger partial charge in [-0.2, -0.15) is 0 Å². The fraction of sp³-hybridized carbons (Fsp3) is 0.333. The van der Waals surface area contributed by atoms with E-state index < -0.39 is 0 Å². The number of likely N-dealkylation sites (N-methyl/N-ethyl adjacent to an activating group) is 1. The molecule has 0 unspecified atom stereocenters. The molecular weight excluding hydrogens is 361 g/mol. The second-order valence-electron chi connectivity index (χ2n) is 5.99. The van der Waals surface area contributed by atoms with E-state index in [1.54, 1.807) is 12.4 Å². The van der Waals surface area contributed by atoms with Crippen molar-refractivity contribution in [2.45, 2.75) is 25.3 Å². The van der Waals surface area contributed by atoms with Gasteiger partial charge in [0.25, 0.3) is 0 Å². The average molecular weight is 384 g/mol. The van der Waals surface area contributed by atoms with Crippen LogP contribution in [0.5, 0.6) is 5.75 Å². The minimum absolute atomic E-state index is 0. The lowest BCUT2D eigenvalue weighted by atomic mass is 10.1. The molecule has 0 saturated heterocycles. The number of nitrogens with zero attached hydrogens (tertiary/aromatic N) is 1. The monoisotopic (exact) mass is 383 g/mol. The summed E-state index contributed by atoms with van der Waals surface area (Å²) in [5, 5.41) is 6.10. The highest BCUT2D eigenvalue weighted by molar-refractivity contribution is 5.89. The molecule has 1 aromatic heterocycles. The van der Waals surface area contributed by atoms with Crippen LogP contribution in [0.4, 0.5) is 5.69 Å². The molecule has 0 spiro atoms. The molecule has 0 aliphatic heterocycles. The van der Waals surface area contributed by atoms with Crippen molar-refractivity contribution in [3.63, 3.8) is 0 Å². The van der Waals surface area contributed by atoms with Gasteiger partial charge in [-0.1, -0.05) is 12.1 Å². The smallest absolute Gasteiger partial charge is 0.221 e. The minimum atomic E-state index is -0.0841. The van der Waals surface area contributed by atoms with Crippen LogP contribution >= 0.6 is 24.8 Å². The lowest BCUT2D eigenvalue weighted by Gasteiger charge is -2.15. The van der Waals surface area contributed by atoms with Gasteiger partial charge >= 0.3 is 0 Å². The van der Waals surface area contributed by atoms with Crippen LogP contribution in [-0.4, -0.2) is 30.1 Å². The van der Waals surface area contributed by atoms with Gasteiger partial charge in [0.15, 0.2) is 0 Å². The highest BCUT2D eigenvalue weighted by Crippen LogP contribution is 2.35. The third kappa shape index (κ3) is 5.59. The Kier molecular flexibility index (Phi) is 7.67. The van der Waals surface area contributed by atoms with Crippen LogP contribution in [0.3, 0.4) is 0 Å². The molecule has 7 heteroatoms. The first-order valence-corrected chi connectivity index (χ1v) is 7.75. The molecule has 1 aliphatic carbocycles. The first kappa shape index (κ1) is 21.2. The predicted octanol–water partition coefficient (Wildman–Crippen LogP) is 3.68. The predicted molar refractivity (Wildman–Crippen MR) is 105 cm³/mol. The Morgan fingerprint density at radius 1 is 1.20 bits per heavy atom. The van der Waals surface area contributed by atoms with E-state index in [4.69, 9.17) is 4.74 Å². The van der Waals surface area contributed by atoms with Crippen molar-refractivity contribution < 1.29 is 9.53 Å². The number of hydrogen-bond acceptors (Lipinski definition) is 4. The largest absolute Gasteiger partial charge is 0.490 e. The maximum atomic E-state index is 11.2. The molecule has 1 heterocycles. The highest BCUT2D eigenvalue weighted by atomic mass is 35.5. The second kappa shape index (κ2) is 9.04. The average Bonchev–Trinajstić information content (AvgIpc) is 3.34. The van der Waals surface area contributed by atoms with Crippen molar-refractivity contribution in [1.82, 2.24) is 10.3 Å². The lowest BCUT2D eigenvalue weighted by Crippen LogP contribution is -2.33. The molecule has 1 saturated carbocycles. The van der Waals surface area contributed by atoms with Crippen LogP contribution in [0.15, 0.2) is 42.7 Å². The normalized spacial score (nSPS) is 13.8. The molecule has 1 aliphatic rings. The first-order valence-electron chi connectivity index (χ1n) is 7.75. The molecule has 136 valence electrons. The maximum Gasteiger partial charge on any atom is 0.221 e. The highest BCUT2D eigenvalue weighted by Gasteiger charge is 2.41. The molecule has 25 heavy (non-hydrogen) atoms. The summed E-state index contributed by atoms with van der Waals surface area (Å²) in [6.07, 6.45) is 5.82. The number of nitrogens with one attached hydrogen (secondary N) is 2. The number of rotatable bonds is 6. The Hall–Kier alpha value is -1.82. The molecule has 1 amide bonds. The molecule has 0 atom stereocenters. The number of halogens is 2. The van der Waals surface area contributed by atoms with E-state index >= 15 is 0 Å². The summed E-state index contributed by atoms with van der Waals surface area (Å²) in [5.74, 6) is 0.674. The van der Waals surface area contributed by atoms with Crippen LogP contribution < -0.4 is 15.4 Å². The number of ether oxygens (including phenoxy) is 1. The summed E-state index contributed by atoms with van der Waals surface area (Å²) in [7, 11) is 1.97. The first-order chi connectivity index (χ1) is 11.1. The van der Waals surface area contributed by atoms with E-state index in [1.165, 1.54) is 6.92 Å². The van der Waals surface area contributed by atoms with Crippen LogP contribution in [0.25, 0.3) is 11.1 Å². The SMILES string of the molecule is CNC1(COc2cncc(-c3cccc(NC(C)=O)c3)c2)CC1.Cl.Cl. The van der Waals surface area contributed by atoms with Gasteiger partial charge in [-0.3, -0.25) is 9.78 Å². The summed E-state index contributed by atoms with van der Waals surface area (Å²) in [6.45, 7) is 2.15. The fourth-order valence-electron chi connectivity index (χ4n) is 2.47. The number of aromatic nitrogens is 1. The van der Waals surface area contributed by atoms with E-state index in [0.717, 1.165) is 35.4 Å². The third-order valence-electron chi connectivity index (χ3n) is 4.13. The van der Waals surface area contributed by atoms with E-state index in [1.807, 2.05) is 37.4 Å². The number of pyridine rings is 1. The Morgan fingerprint density at radius 3 is 2.60 bits per heavy atom. The van der Waals surface area contributed by atoms with Crippen molar-refractivity contribution in [3.05, 3.63) is 42.7 Å². The van der Waals surface area contributed by atoms with Gasteiger partial charge in [0.05, 0.1) is 11.7 Å². The van der Waals surface area contributed by atoms with E-state index in [0.29, 0.717) is 6.61 Å². The molecule has 3 rings (SSSR count). The van der Waals surface area contributed by atoms with Gasteiger partial charge in [0.2, 0.25) is 5.91 Å². The summed E-state index contributed by atoms with van der Waals surface area (Å²) in [6, 6.07) is 9.67. The maximum absolute atomic E-state index is 11.2. The van der Waals surface area contributed by atoms with Gasteiger partial charge < -0.3 is 15.4 Å². The number of amides is 1. The van der Waals surface area contributed by atoms with Crippen molar-refractivity contribution in [3.8, 4) is 16.9 Å². The Balaban J connectivity index is 0.00000156. The topological polar surface area (TPSA) is 63.2 Å². The van der Waals surface area contributed by atoms with E-state index in [2.05, 4.69) is 15.6 Å². The molecule has 1 aromatic carbocycles. The van der Waals surface area contributed by atoms with Crippen LogP contribution in [-0.2, 0) is 4.79 Å². The minimum Gasteiger partial charge on any atom is -0.490 e. The van der Waals surface area contributed by atoms with Crippen molar-refractivity contribution >= 4 is 36.4 Å². The Labute approximate surface area is 160 Å².